The SMILES string of the molecule is CC[NH+]1CCN(C(=O)CSCC(=O)Nc2cccc(C)c2)CC1. The fourth-order valence-corrected chi connectivity index (χ4v) is 3.38. The summed E-state index contributed by atoms with van der Waals surface area (Å²) >= 11 is 1.38. The maximum atomic E-state index is 12.1. The number of hydrogen-bond acceptors (Lipinski definition) is 3. The Balaban J connectivity index is 1.66. The summed E-state index contributed by atoms with van der Waals surface area (Å²) in [6.45, 7) is 9.01. The molecule has 0 aromatic heterocycles. The summed E-state index contributed by atoms with van der Waals surface area (Å²) in [4.78, 5) is 27.5. The zero-order chi connectivity index (χ0) is 16.7. The first kappa shape index (κ1) is 17.8. The maximum Gasteiger partial charge on any atom is 0.234 e. The van der Waals surface area contributed by atoms with E-state index in [4.69, 9.17) is 0 Å². The van der Waals surface area contributed by atoms with Crippen molar-refractivity contribution in [1.29, 1.82) is 0 Å². The van der Waals surface area contributed by atoms with Gasteiger partial charge in [-0.1, -0.05) is 12.1 Å². The summed E-state index contributed by atoms with van der Waals surface area (Å²) in [5.41, 5.74) is 1.92. The van der Waals surface area contributed by atoms with Gasteiger partial charge < -0.3 is 15.1 Å². The first-order valence-electron chi connectivity index (χ1n) is 8.14. The quantitative estimate of drug-likeness (QED) is 0.791. The molecule has 1 aromatic carbocycles. The number of benzene rings is 1. The van der Waals surface area contributed by atoms with Gasteiger partial charge in [-0.25, -0.2) is 0 Å². The van der Waals surface area contributed by atoms with E-state index in [0.29, 0.717) is 11.5 Å². The molecule has 0 saturated carbocycles. The molecule has 2 amide bonds. The van der Waals surface area contributed by atoms with Crippen LogP contribution in [-0.4, -0.2) is 60.9 Å². The third kappa shape index (κ3) is 5.88. The molecular formula is C17H26N3O2S+. The van der Waals surface area contributed by atoms with Crippen LogP contribution in [0.1, 0.15) is 12.5 Å². The van der Waals surface area contributed by atoms with Crippen molar-refractivity contribution in [3.05, 3.63) is 29.8 Å². The van der Waals surface area contributed by atoms with Gasteiger partial charge in [0, 0.05) is 5.69 Å². The van der Waals surface area contributed by atoms with E-state index in [-0.39, 0.29) is 11.8 Å². The van der Waals surface area contributed by atoms with Gasteiger partial charge in [0.25, 0.3) is 0 Å². The zero-order valence-electron chi connectivity index (χ0n) is 13.9. The smallest absolute Gasteiger partial charge is 0.234 e. The van der Waals surface area contributed by atoms with Crippen LogP contribution in [0.2, 0.25) is 0 Å². The number of nitrogens with zero attached hydrogens (tertiary/aromatic N) is 1. The number of hydrogen-bond donors (Lipinski definition) is 2. The Kier molecular flexibility index (Phi) is 6.92. The van der Waals surface area contributed by atoms with E-state index in [2.05, 4.69) is 12.2 Å². The van der Waals surface area contributed by atoms with Gasteiger partial charge >= 0.3 is 0 Å². The number of amides is 2. The lowest BCUT2D eigenvalue weighted by atomic mass is 10.2. The molecule has 1 aliphatic heterocycles. The second-order valence-corrected chi connectivity index (χ2v) is 6.88. The van der Waals surface area contributed by atoms with E-state index < -0.39 is 0 Å². The van der Waals surface area contributed by atoms with E-state index >= 15 is 0 Å². The molecule has 1 saturated heterocycles. The third-order valence-corrected chi connectivity index (χ3v) is 5.00. The second kappa shape index (κ2) is 8.93. The molecule has 23 heavy (non-hydrogen) atoms. The largest absolute Gasteiger partial charge is 0.332 e. The molecule has 2 rings (SSSR count). The van der Waals surface area contributed by atoms with Crippen LogP contribution in [-0.2, 0) is 9.59 Å². The number of rotatable bonds is 6. The van der Waals surface area contributed by atoms with Crippen molar-refractivity contribution < 1.29 is 14.5 Å². The Morgan fingerprint density at radius 3 is 2.65 bits per heavy atom. The highest BCUT2D eigenvalue weighted by atomic mass is 32.2. The molecule has 126 valence electrons. The highest BCUT2D eigenvalue weighted by Crippen LogP contribution is 2.11. The van der Waals surface area contributed by atoms with Gasteiger partial charge in [0.15, 0.2) is 0 Å². The van der Waals surface area contributed by atoms with Gasteiger partial charge in [0.2, 0.25) is 11.8 Å². The van der Waals surface area contributed by atoms with Gasteiger partial charge in [-0.15, -0.1) is 11.8 Å². The molecule has 1 fully saturated rings. The van der Waals surface area contributed by atoms with Gasteiger partial charge in [0.1, 0.15) is 0 Å². The maximum absolute atomic E-state index is 12.1. The van der Waals surface area contributed by atoms with Crippen molar-refractivity contribution in [3.63, 3.8) is 0 Å². The summed E-state index contributed by atoms with van der Waals surface area (Å²) < 4.78 is 0. The number of likely N-dealkylation sites (N-methyl/N-ethyl adjacent to an activating group) is 1. The van der Waals surface area contributed by atoms with E-state index in [9.17, 15) is 9.59 Å². The third-order valence-electron chi connectivity index (χ3n) is 4.08. The predicted octanol–water partition coefficient (Wildman–Crippen LogP) is 0.414. The van der Waals surface area contributed by atoms with Crippen molar-refractivity contribution >= 4 is 29.3 Å². The highest BCUT2D eigenvalue weighted by Gasteiger charge is 2.22. The summed E-state index contributed by atoms with van der Waals surface area (Å²) in [6.07, 6.45) is 0. The first-order chi connectivity index (χ1) is 11.1. The molecule has 0 aliphatic carbocycles. The monoisotopic (exact) mass is 336 g/mol. The van der Waals surface area contributed by atoms with Crippen LogP contribution in [0, 0.1) is 6.92 Å². The first-order valence-corrected chi connectivity index (χ1v) is 9.29. The average molecular weight is 336 g/mol. The fourth-order valence-electron chi connectivity index (χ4n) is 2.67. The van der Waals surface area contributed by atoms with Crippen LogP contribution >= 0.6 is 11.8 Å². The molecule has 2 N–H and O–H groups in total. The zero-order valence-corrected chi connectivity index (χ0v) is 14.7. The summed E-state index contributed by atoms with van der Waals surface area (Å²) in [7, 11) is 0. The number of carbonyl (C=O) groups excluding carboxylic acids is 2. The Hall–Kier alpha value is -1.53. The minimum atomic E-state index is -0.0614. The summed E-state index contributed by atoms with van der Waals surface area (Å²) in [5, 5.41) is 2.86. The molecule has 0 bridgehead atoms. The molecule has 1 heterocycles. The number of quaternary nitrogens is 1. The van der Waals surface area contributed by atoms with Crippen molar-refractivity contribution in [2.24, 2.45) is 0 Å². The summed E-state index contributed by atoms with van der Waals surface area (Å²) in [5.74, 6) is 0.768. The van der Waals surface area contributed by atoms with E-state index in [1.165, 1.54) is 11.8 Å². The Morgan fingerprint density at radius 2 is 2.00 bits per heavy atom. The minimum absolute atomic E-state index is 0.0614. The topological polar surface area (TPSA) is 53.9 Å². The van der Waals surface area contributed by atoms with Crippen LogP contribution in [0.5, 0.6) is 0 Å². The van der Waals surface area contributed by atoms with Crippen LogP contribution < -0.4 is 10.2 Å². The minimum Gasteiger partial charge on any atom is -0.332 e. The molecular weight excluding hydrogens is 310 g/mol. The van der Waals surface area contributed by atoms with Crippen LogP contribution in [0.25, 0.3) is 0 Å². The van der Waals surface area contributed by atoms with Gasteiger partial charge in [0.05, 0.1) is 44.2 Å². The van der Waals surface area contributed by atoms with Gasteiger partial charge in [-0.05, 0) is 31.5 Å². The number of nitrogens with one attached hydrogen (secondary N) is 2. The van der Waals surface area contributed by atoms with Crippen molar-refractivity contribution in [2.75, 3.05) is 49.5 Å². The molecule has 0 atom stereocenters. The van der Waals surface area contributed by atoms with E-state index in [1.54, 1.807) is 4.90 Å². The lowest BCUT2D eigenvalue weighted by molar-refractivity contribution is -0.902. The highest BCUT2D eigenvalue weighted by molar-refractivity contribution is 8.00. The van der Waals surface area contributed by atoms with Crippen LogP contribution in [0.3, 0.4) is 0 Å². The number of thioether (sulfide) groups is 1. The Morgan fingerprint density at radius 1 is 1.26 bits per heavy atom. The van der Waals surface area contributed by atoms with E-state index in [0.717, 1.165) is 44.0 Å². The lowest BCUT2D eigenvalue weighted by Crippen LogP contribution is -3.14. The van der Waals surface area contributed by atoms with Gasteiger partial charge in [-0.2, -0.15) is 0 Å². The molecule has 1 aromatic rings. The second-order valence-electron chi connectivity index (χ2n) is 5.89. The van der Waals surface area contributed by atoms with Crippen molar-refractivity contribution in [1.82, 2.24) is 4.90 Å². The van der Waals surface area contributed by atoms with E-state index in [1.807, 2.05) is 36.1 Å². The number of aryl methyl sites for hydroxylation is 1. The Labute approximate surface area is 142 Å². The molecule has 6 heteroatoms. The number of anilines is 1. The van der Waals surface area contributed by atoms with Crippen LogP contribution in [0.4, 0.5) is 5.69 Å². The molecule has 0 unspecified atom stereocenters. The standard InChI is InChI=1S/C17H25N3O2S/c1-3-19-7-9-20(10-8-19)17(22)13-23-12-16(21)18-15-6-4-5-14(2)11-15/h4-6,11H,3,7-10,12-13H2,1-2H3,(H,18,21)/p+1. The predicted molar refractivity (Wildman–Crippen MR) is 95.0 cm³/mol. The lowest BCUT2D eigenvalue weighted by Gasteiger charge is -2.31. The van der Waals surface area contributed by atoms with Crippen molar-refractivity contribution in [2.45, 2.75) is 13.8 Å². The number of carbonyl (C=O) groups is 2. The van der Waals surface area contributed by atoms with Crippen molar-refractivity contribution in [3.8, 4) is 0 Å². The fraction of sp³-hybridized carbons (Fsp3) is 0.529. The Bertz CT molecular complexity index is 542. The van der Waals surface area contributed by atoms with Crippen LogP contribution in [0.15, 0.2) is 24.3 Å². The molecule has 1 aliphatic rings. The molecule has 5 nitrogen and oxygen atoms in total. The molecule has 0 radical (unpaired) electrons. The number of piperazine rings is 1. The summed E-state index contributed by atoms with van der Waals surface area (Å²) in [6, 6.07) is 7.71. The normalized spacial score (nSPS) is 15.5. The molecule has 0 spiro atoms. The van der Waals surface area contributed by atoms with Gasteiger partial charge in [-0.3, -0.25) is 9.59 Å². The average Bonchev–Trinajstić information content (AvgIpc) is 2.55.